The zero-order valence-electron chi connectivity index (χ0n) is 16.9. The standard InChI is InChI=1S/C21H24ClFN6S/c1-12(2)26-21-25-11-19(30-21)18-10-17(15-4-3-13(23)9-16(15)22)28-20(29-18)27-14-5-7-24-8-6-14/h3-4,9-12,14,24H,5-8H2,1-2H3,(H,25,26)(H,27,28,29). The van der Waals surface area contributed by atoms with E-state index in [1.165, 1.54) is 23.5 Å². The van der Waals surface area contributed by atoms with Crippen LogP contribution >= 0.6 is 22.9 Å². The summed E-state index contributed by atoms with van der Waals surface area (Å²) in [4.78, 5) is 14.8. The van der Waals surface area contributed by atoms with Crippen LogP contribution < -0.4 is 16.0 Å². The van der Waals surface area contributed by atoms with Gasteiger partial charge in [0.1, 0.15) is 5.82 Å². The van der Waals surface area contributed by atoms with Crippen LogP contribution in [0.4, 0.5) is 15.5 Å². The van der Waals surface area contributed by atoms with Crippen molar-refractivity contribution in [3.63, 3.8) is 0 Å². The minimum Gasteiger partial charge on any atom is -0.359 e. The third kappa shape index (κ3) is 5.06. The van der Waals surface area contributed by atoms with Gasteiger partial charge in [-0.25, -0.2) is 19.3 Å². The molecule has 1 aliphatic rings. The zero-order chi connectivity index (χ0) is 21.1. The van der Waals surface area contributed by atoms with Crippen molar-refractivity contribution in [3.05, 3.63) is 41.3 Å². The highest BCUT2D eigenvalue weighted by atomic mass is 35.5. The fourth-order valence-corrected chi connectivity index (χ4v) is 4.52. The molecule has 6 nitrogen and oxygen atoms in total. The third-order valence-electron chi connectivity index (χ3n) is 4.78. The van der Waals surface area contributed by atoms with Crippen LogP contribution in [0.15, 0.2) is 30.5 Å². The molecule has 158 valence electrons. The maximum atomic E-state index is 13.6. The van der Waals surface area contributed by atoms with Crippen molar-refractivity contribution in [3.8, 4) is 21.8 Å². The molecular weight excluding hydrogens is 423 g/mol. The molecule has 3 N–H and O–H groups in total. The number of benzene rings is 1. The summed E-state index contributed by atoms with van der Waals surface area (Å²) >= 11 is 7.86. The number of rotatable bonds is 6. The molecule has 3 aromatic rings. The first-order valence-electron chi connectivity index (χ1n) is 10.0. The van der Waals surface area contributed by atoms with Gasteiger partial charge in [-0.05, 0) is 64.0 Å². The van der Waals surface area contributed by atoms with Gasteiger partial charge in [0, 0.05) is 23.8 Å². The molecule has 0 aliphatic carbocycles. The molecule has 0 radical (unpaired) electrons. The maximum absolute atomic E-state index is 13.6. The Balaban J connectivity index is 1.72. The highest BCUT2D eigenvalue weighted by Gasteiger charge is 2.18. The number of hydrogen-bond donors (Lipinski definition) is 3. The molecule has 0 spiro atoms. The second-order valence-corrected chi connectivity index (χ2v) is 9.02. The Morgan fingerprint density at radius 3 is 2.67 bits per heavy atom. The lowest BCUT2D eigenvalue weighted by atomic mass is 10.1. The quantitative estimate of drug-likeness (QED) is 0.492. The van der Waals surface area contributed by atoms with E-state index in [9.17, 15) is 4.39 Å². The van der Waals surface area contributed by atoms with E-state index in [-0.39, 0.29) is 5.82 Å². The summed E-state index contributed by atoms with van der Waals surface area (Å²) in [5.41, 5.74) is 2.07. The number of hydrogen-bond acceptors (Lipinski definition) is 7. The van der Waals surface area contributed by atoms with Crippen LogP contribution in [-0.2, 0) is 0 Å². The van der Waals surface area contributed by atoms with Crippen molar-refractivity contribution in [2.24, 2.45) is 0 Å². The SMILES string of the molecule is CC(C)Nc1ncc(-c2cc(-c3ccc(F)cc3Cl)nc(NC3CCNCC3)n2)s1. The van der Waals surface area contributed by atoms with E-state index in [0.29, 0.717) is 34.3 Å². The molecule has 0 atom stereocenters. The molecule has 1 saturated heterocycles. The smallest absolute Gasteiger partial charge is 0.224 e. The Labute approximate surface area is 184 Å². The summed E-state index contributed by atoms with van der Waals surface area (Å²) in [6.07, 6.45) is 3.81. The van der Waals surface area contributed by atoms with Crippen molar-refractivity contribution in [2.75, 3.05) is 23.7 Å². The Morgan fingerprint density at radius 2 is 1.93 bits per heavy atom. The van der Waals surface area contributed by atoms with Crippen LogP contribution in [0.25, 0.3) is 21.8 Å². The minimum atomic E-state index is -0.377. The first-order chi connectivity index (χ1) is 14.5. The zero-order valence-corrected chi connectivity index (χ0v) is 18.4. The van der Waals surface area contributed by atoms with Crippen LogP contribution in [0.1, 0.15) is 26.7 Å². The molecule has 4 rings (SSSR count). The van der Waals surface area contributed by atoms with Gasteiger partial charge in [0.2, 0.25) is 5.95 Å². The summed E-state index contributed by atoms with van der Waals surface area (Å²) < 4.78 is 13.6. The van der Waals surface area contributed by atoms with Gasteiger partial charge in [-0.15, -0.1) is 0 Å². The van der Waals surface area contributed by atoms with Gasteiger partial charge < -0.3 is 16.0 Å². The highest BCUT2D eigenvalue weighted by molar-refractivity contribution is 7.18. The average molecular weight is 447 g/mol. The first kappa shape index (κ1) is 21.0. The topological polar surface area (TPSA) is 74.8 Å². The van der Waals surface area contributed by atoms with Gasteiger partial charge >= 0.3 is 0 Å². The Morgan fingerprint density at radius 1 is 1.17 bits per heavy atom. The molecule has 2 aromatic heterocycles. The van der Waals surface area contributed by atoms with Gasteiger partial charge in [0.25, 0.3) is 0 Å². The monoisotopic (exact) mass is 446 g/mol. The number of nitrogens with one attached hydrogen (secondary N) is 3. The van der Waals surface area contributed by atoms with Crippen LogP contribution in [-0.4, -0.2) is 40.1 Å². The largest absolute Gasteiger partial charge is 0.359 e. The van der Waals surface area contributed by atoms with Crippen molar-refractivity contribution < 1.29 is 4.39 Å². The normalized spacial score (nSPS) is 14.8. The van der Waals surface area contributed by atoms with E-state index in [0.717, 1.165) is 41.6 Å². The molecule has 0 unspecified atom stereocenters. The van der Waals surface area contributed by atoms with Gasteiger partial charge in [-0.1, -0.05) is 22.9 Å². The molecule has 0 saturated carbocycles. The summed E-state index contributed by atoms with van der Waals surface area (Å²) in [5, 5.41) is 11.3. The Kier molecular flexibility index (Phi) is 6.46. The fourth-order valence-electron chi connectivity index (χ4n) is 3.33. The molecule has 1 aromatic carbocycles. The highest BCUT2D eigenvalue weighted by Crippen LogP contribution is 2.34. The molecule has 1 aliphatic heterocycles. The van der Waals surface area contributed by atoms with E-state index in [2.05, 4.69) is 39.8 Å². The number of nitrogens with zero attached hydrogens (tertiary/aromatic N) is 3. The average Bonchev–Trinajstić information content (AvgIpc) is 3.16. The second-order valence-electron chi connectivity index (χ2n) is 7.58. The molecule has 0 bridgehead atoms. The number of thiazole rings is 1. The molecule has 9 heteroatoms. The van der Waals surface area contributed by atoms with Gasteiger partial charge in [0.05, 0.1) is 21.3 Å². The molecular formula is C21H24ClFN6S. The summed E-state index contributed by atoms with van der Waals surface area (Å²) in [7, 11) is 0. The minimum absolute atomic E-state index is 0.292. The van der Waals surface area contributed by atoms with Crippen LogP contribution in [0.2, 0.25) is 5.02 Å². The van der Waals surface area contributed by atoms with E-state index >= 15 is 0 Å². The van der Waals surface area contributed by atoms with Gasteiger partial charge in [-0.2, -0.15) is 0 Å². The Hall–Kier alpha value is -2.29. The second kappa shape index (κ2) is 9.24. The van der Waals surface area contributed by atoms with Crippen molar-refractivity contribution in [1.29, 1.82) is 0 Å². The third-order valence-corrected chi connectivity index (χ3v) is 6.04. The lowest BCUT2D eigenvalue weighted by molar-refractivity contribution is 0.477. The molecule has 1 fully saturated rings. The number of piperidine rings is 1. The number of aromatic nitrogens is 3. The van der Waals surface area contributed by atoms with Crippen LogP contribution in [0, 0.1) is 5.82 Å². The predicted octanol–water partition coefficient (Wildman–Crippen LogP) is 5.04. The van der Waals surface area contributed by atoms with Crippen molar-refractivity contribution >= 4 is 34.0 Å². The molecule has 0 amide bonds. The number of anilines is 2. The lowest BCUT2D eigenvalue weighted by Crippen LogP contribution is -2.35. The maximum Gasteiger partial charge on any atom is 0.224 e. The summed E-state index contributed by atoms with van der Waals surface area (Å²) in [6.45, 7) is 6.07. The van der Waals surface area contributed by atoms with Crippen molar-refractivity contribution in [1.82, 2.24) is 20.3 Å². The van der Waals surface area contributed by atoms with E-state index in [1.807, 2.05) is 12.3 Å². The molecule has 3 heterocycles. The summed E-state index contributed by atoms with van der Waals surface area (Å²) in [5.74, 6) is 0.166. The fraction of sp³-hybridized carbons (Fsp3) is 0.381. The van der Waals surface area contributed by atoms with E-state index < -0.39 is 0 Å². The summed E-state index contributed by atoms with van der Waals surface area (Å²) in [6, 6.07) is 6.81. The van der Waals surface area contributed by atoms with E-state index in [1.54, 1.807) is 6.07 Å². The van der Waals surface area contributed by atoms with Crippen molar-refractivity contribution in [2.45, 2.75) is 38.8 Å². The predicted molar refractivity (Wildman–Crippen MR) is 122 cm³/mol. The van der Waals surface area contributed by atoms with E-state index in [4.69, 9.17) is 16.6 Å². The number of halogens is 2. The van der Waals surface area contributed by atoms with Crippen LogP contribution in [0.5, 0.6) is 0 Å². The molecule has 30 heavy (non-hydrogen) atoms. The lowest BCUT2D eigenvalue weighted by Gasteiger charge is -2.24. The Bertz CT molecular complexity index is 1020. The van der Waals surface area contributed by atoms with Crippen LogP contribution in [0.3, 0.4) is 0 Å². The first-order valence-corrected chi connectivity index (χ1v) is 11.2. The van der Waals surface area contributed by atoms with Gasteiger partial charge in [0.15, 0.2) is 5.13 Å². The van der Waals surface area contributed by atoms with Gasteiger partial charge in [-0.3, -0.25) is 0 Å².